The van der Waals surface area contributed by atoms with Crippen molar-refractivity contribution in [2.24, 2.45) is 4.99 Å². The lowest BCUT2D eigenvalue weighted by Gasteiger charge is -2.01. The van der Waals surface area contributed by atoms with Crippen molar-refractivity contribution in [3.63, 3.8) is 0 Å². The summed E-state index contributed by atoms with van der Waals surface area (Å²) in [5.41, 5.74) is 1.03. The Labute approximate surface area is 123 Å². The van der Waals surface area contributed by atoms with Gasteiger partial charge in [0.2, 0.25) is 0 Å². The Morgan fingerprint density at radius 3 is 2.68 bits per heavy atom. The van der Waals surface area contributed by atoms with Gasteiger partial charge in [0.1, 0.15) is 5.75 Å². The molecule has 0 aliphatic rings. The third-order valence-corrected chi connectivity index (χ3v) is 3.14. The minimum Gasteiger partial charge on any atom is -0.507 e. The molecule has 0 fully saturated rings. The summed E-state index contributed by atoms with van der Waals surface area (Å²) in [5.74, 6) is -0.920. The van der Waals surface area contributed by atoms with E-state index in [-0.39, 0.29) is 11.3 Å². The Morgan fingerprint density at radius 1 is 1.21 bits per heavy atom. The number of hydrogen-bond acceptors (Lipinski definition) is 3. The summed E-state index contributed by atoms with van der Waals surface area (Å²) < 4.78 is 0.961. The SMILES string of the molecule is O=C(O)c1ccccc1N=Cc1cc(I)ccc1O. The molecule has 0 aromatic heterocycles. The molecule has 4 nitrogen and oxygen atoms in total. The van der Waals surface area contributed by atoms with E-state index in [1.165, 1.54) is 12.3 Å². The largest absolute Gasteiger partial charge is 0.507 e. The summed E-state index contributed by atoms with van der Waals surface area (Å²) in [4.78, 5) is 15.2. The van der Waals surface area contributed by atoms with Crippen LogP contribution in [0.2, 0.25) is 0 Å². The van der Waals surface area contributed by atoms with Crippen LogP contribution in [0.25, 0.3) is 0 Å². The van der Waals surface area contributed by atoms with E-state index in [9.17, 15) is 9.90 Å². The average Bonchev–Trinajstić information content (AvgIpc) is 2.40. The van der Waals surface area contributed by atoms with Crippen LogP contribution in [0.15, 0.2) is 47.5 Å². The number of aliphatic imine (C=N–C) groups is 1. The van der Waals surface area contributed by atoms with Crippen molar-refractivity contribution in [3.8, 4) is 5.75 Å². The molecule has 0 bridgehead atoms. The fraction of sp³-hybridized carbons (Fsp3) is 0. The first-order valence-electron chi connectivity index (χ1n) is 5.43. The van der Waals surface area contributed by atoms with E-state index in [2.05, 4.69) is 27.6 Å². The first-order valence-corrected chi connectivity index (χ1v) is 6.50. The summed E-state index contributed by atoms with van der Waals surface area (Å²) in [6.07, 6.45) is 1.46. The minimum absolute atomic E-state index is 0.108. The van der Waals surface area contributed by atoms with Crippen LogP contribution < -0.4 is 0 Å². The van der Waals surface area contributed by atoms with Gasteiger partial charge in [-0.05, 0) is 52.9 Å². The number of para-hydroxylation sites is 1. The summed E-state index contributed by atoms with van der Waals surface area (Å²) in [7, 11) is 0. The minimum atomic E-state index is -1.03. The number of aromatic hydroxyl groups is 1. The van der Waals surface area contributed by atoms with Crippen LogP contribution in [-0.2, 0) is 0 Å². The topological polar surface area (TPSA) is 69.9 Å². The predicted octanol–water partition coefficient (Wildman–Crippen LogP) is 3.45. The highest BCUT2D eigenvalue weighted by Gasteiger charge is 2.07. The quantitative estimate of drug-likeness (QED) is 0.645. The second kappa shape index (κ2) is 5.83. The number of carboxylic acid groups (broad SMARTS) is 1. The molecule has 0 saturated heterocycles. The lowest BCUT2D eigenvalue weighted by molar-refractivity contribution is 0.0698. The fourth-order valence-corrected chi connectivity index (χ4v) is 2.05. The number of carbonyl (C=O) groups is 1. The number of nitrogens with zero attached hydrogens (tertiary/aromatic N) is 1. The van der Waals surface area contributed by atoms with Crippen LogP contribution in [0.4, 0.5) is 5.69 Å². The van der Waals surface area contributed by atoms with E-state index in [1.54, 1.807) is 36.4 Å². The lowest BCUT2D eigenvalue weighted by Crippen LogP contribution is -1.96. The third kappa shape index (κ3) is 3.31. The van der Waals surface area contributed by atoms with Gasteiger partial charge in [-0.1, -0.05) is 12.1 Å². The number of benzene rings is 2. The molecular formula is C14H10INO3. The Balaban J connectivity index is 2.38. The van der Waals surface area contributed by atoms with Gasteiger partial charge >= 0.3 is 5.97 Å². The zero-order valence-corrected chi connectivity index (χ0v) is 11.9. The van der Waals surface area contributed by atoms with E-state index in [0.717, 1.165) is 3.57 Å². The summed E-state index contributed by atoms with van der Waals surface area (Å²) in [6, 6.07) is 11.6. The third-order valence-electron chi connectivity index (χ3n) is 2.47. The van der Waals surface area contributed by atoms with Gasteiger partial charge in [-0.2, -0.15) is 0 Å². The zero-order valence-electron chi connectivity index (χ0n) is 9.75. The maximum atomic E-state index is 11.0. The molecule has 2 rings (SSSR count). The van der Waals surface area contributed by atoms with Gasteiger partial charge in [0, 0.05) is 15.3 Å². The van der Waals surface area contributed by atoms with Crippen molar-refractivity contribution < 1.29 is 15.0 Å². The van der Waals surface area contributed by atoms with Crippen LogP contribution in [0.1, 0.15) is 15.9 Å². The van der Waals surface area contributed by atoms with Crippen LogP contribution in [-0.4, -0.2) is 22.4 Å². The highest BCUT2D eigenvalue weighted by atomic mass is 127. The van der Waals surface area contributed by atoms with Crippen molar-refractivity contribution in [2.75, 3.05) is 0 Å². The molecule has 19 heavy (non-hydrogen) atoms. The molecule has 2 aromatic carbocycles. The standard InChI is InChI=1S/C14H10INO3/c15-10-5-6-13(17)9(7-10)8-16-12-4-2-1-3-11(12)14(18)19/h1-8,17H,(H,18,19). The van der Waals surface area contributed by atoms with Crippen molar-refractivity contribution in [2.45, 2.75) is 0 Å². The number of aromatic carboxylic acids is 1. The molecule has 2 N–H and O–H groups in total. The molecule has 0 amide bonds. The highest BCUT2D eigenvalue weighted by molar-refractivity contribution is 14.1. The lowest BCUT2D eigenvalue weighted by atomic mass is 10.2. The van der Waals surface area contributed by atoms with Crippen LogP contribution >= 0.6 is 22.6 Å². The molecule has 0 aliphatic carbocycles. The predicted molar refractivity (Wildman–Crippen MR) is 81.5 cm³/mol. The van der Waals surface area contributed by atoms with Gasteiger partial charge in [0.05, 0.1) is 11.3 Å². The molecule has 5 heteroatoms. The molecule has 96 valence electrons. The molecule has 2 aromatic rings. The zero-order chi connectivity index (χ0) is 13.8. The second-order valence-corrected chi connectivity index (χ2v) is 5.03. The number of phenolic OH excluding ortho intramolecular Hbond substituents is 1. The van der Waals surface area contributed by atoms with Gasteiger partial charge in [0.15, 0.2) is 0 Å². The Morgan fingerprint density at radius 2 is 1.95 bits per heavy atom. The summed E-state index contributed by atoms with van der Waals surface area (Å²) in [5, 5.41) is 18.7. The average molecular weight is 367 g/mol. The number of halogens is 1. The van der Waals surface area contributed by atoms with E-state index in [1.807, 2.05) is 0 Å². The summed E-state index contributed by atoms with van der Waals surface area (Å²) >= 11 is 2.13. The van der Waals surface area contributed by atoms with Crippen LogP contribution in [0.5, 0.6) is 5.75 Å². The van der Waals surface area contributed by atoms with Gasteiger partial charge in [0.25, 0.3) is 0 Å². The molecule has 0 heterocycles. The Hall–Kier alpha value is -1.89. The molecule has 0 unspecified atom stereocenters. The first-order chi connectivity index (χ1) is 9.08. The van der Waals surface area contributed by atoms with Gasteiger partial charge in [-0.3, -0.25) is 4.99 Å². The van der Waals surface area contributed by atoms with Gasteiger partial charge < -0.3 is 10.2 Å². The van der Waals surface area contributed by atoms with Crippen molar-refractivity contribution in [1.82, 2.24) is 0 Å². The smallest absolute Gasteiger partial charge is 0.337 e. The monoisotopic (exact) mass is 367 g/mol. The van der Waals surface area contributed by atoms with Crippen molar-refractivity contribution >= 4 is 40.5 Å². The van der Waals surface area contributed by atoms with E-state index in [0.29, 0.717) is 11.3 Å². The maximum Gasteiger partial charge on any atom is 0.337 e. The molecule has 0 saturated carbocycles. The fourth-order valence-electron chi connectivity index (χ4n) is 1.53. The van der Waals surface area contributed by atoms with Gasteiger partial charge in [-0.15, -0.1) is 0 Å². The van der Waals surface area contributed by atoms with Crippen molar-refractivity contribution in [3.05, 3.63) is 57.2 Å². The number of hydrogen-bond donors (Lipinski definition) is 2. The number of rotatable bonds is 3. The molecule has 0 atom stereocenters. The van der Waals surface area contributed by atoms with Crippen LogP contribution in [0, 0.1) is 3.57 Å². The van der Waals surface area contributed by atoms with Gasteiger partial charge in [-0.25, -0.2) is 4.79 Å². The van der Waals surface area contributed by atoms with E-state index in [4.69, 9.17) is 5.11 Å². The van der Waals surface area contributed by atoms with Crippen LogP contribution in [0.3, 0.4) is 0 Å². The van der Waals surface area contributed by atoms with Crippen molar-refractivity contribution in [1.29, 1.82) is 0 Å². The highest BCUT2D eigenvalue weighted by Crippen LogP contribution is 2.21. The second-order valence-electron chi connectivity index (χ2n) is 3.78. The Bertz CT molecular complexity index is 653. The number of phenols is 1. The molecule has 0 radical (unpaired) electrons. The summed E-state index contributed by atoms with van der Waals surface area (Å²) in [6.45, 7) is 0. The van der Waals surface area contributed by atoms with E-state index >= 15 is 0 Å². The Kier molecular flexibility index (Phi) is 4.16. The molecule has 0 spiro atoms. The number of carboxylic acids is 1. The first kappa shape index (κ1) is 13.5. The molecular weight excluding hydrogens is 357 g/mol. The van der Waals surface area contributed by atoms with E-state index < -0.39 is 5.97 Å². The normalized spacial score (nSPS) is 10.8. The molecule has 0 aliphatic heterocycles. The maximum absolute atomic E-state index is 11.0.